The van der Waals surface area contributed by atoms with Crippen molar-refractivity contribution in [3.05, 3.63) is 0 Å². The van der Waals surface area contributed by atoms with Gasteiger partial charge >= 0.3 is 0 Å². The second-order valence-corrected chi connectivity index (χ2v) is 4.26. The molecule has 0 spiro atoms. The molecule has 0 aromatic carbocycles. The van der Waals surface area contributed by atoms with Gasteiger partial charge in [-0.05, 0) is 25.3 Å². The zero-order valence-corrected chi connectivity index (χ0v) is 9.48. The minimum Gasteiger partial charge on any atom is -0.395 e. The number of hydrogen-bond donors (Lipinski definition) is 2. The third-order valence-corrected chi connectivity index (χ3v) is 3.02. The van der Waals surface area contributed by atoms with E-state index in [0.29, 0.717) is 25.6 Å². The van der Waals surface area contributed by atoms with Crippen LogP contribution in [0.15, 0.2) is 0 Å². The number of carbonyl (C=O) groups excluding carboxylic acids is 1. The first-order valence-corrected chi connectivity index (χ1v) is 5.83. The molecule has 4 nitrogen and oxygen atoms in total. The maximum atomic E-state index is 11.9. The van der Waals surface area contributed by atoms with Gasteiger partial charge in [0.15, 0.2) is 0 Å². The predicted octanol–water partition coefficient (Wildman–Crippen LogP) is 0.345. The summed E-state index contributed by atoms with van der Waals surface area (Å²) in [6.45, 7) is 3.16. The van der Waals surface area contributed by atoms with Crippen LogP contribution in [0.3, 0.4) is 0 Å². The Kier molecular flexibility index (Phi) is 5.05. The molecule has 0 radical (unpaired) electrons. The summed E-state index contributed by atoms with van der Waals surface area (Å²) >= 11 is 0. The third-order valence-electron chi connectivity index (χ3n) is 3.02. The maximum absolute atomic E-state index is 11.9. The van der Waals surface area contributed by atoms with Crippen LogP contribution in [-0.4, -0.2) is 41.7 Å². The zero-order chi connectivity index (χ0) is 11.3. The van der Waals surface area contributed by atoms with Crippen LogP contribution in [0.2, 0.25) is 0 Å². The largest absolute Gasteiger partial charge is 0.395 e. The first kappa shape index (κ1) is 12.5. The summed E-state index contributed by atoms with van der Waals surface area (Å²) in [7, 11) is 0. The molecule has 3 N–H and O–H groups in total. The number of nitrogens with two attached hydrogens (primary N) is 1. The van der Waals surface area contributed by atoms with Crippen molar-refractivity contribution < 1.29 is 9.90 Å². The van der Waals surface area contributed by atoms with Crippen LogP contribution in [0, 0.1) is 5.92 Å². The molecule has 15 heavy (non-hydrogen) atoms. The molecule has 0 aromatic heterocycles. The summed E-state index contributed by atoms with van der Waals surface area (Å²) in [5.41, 5.74) is 5.58. The van der Waals surface area contributed by atoms with E-state index in [1.54, 1.807) is 0 Å². The maximum Gasteiger partial charge on any atom is 0.223 e. The van der Waals surface area contributed by atoms with Gasteiger partial charge < -0.3 is 15.7 Å². The van der Waals surface area contributed by atoms with Crippen molar-refractivity contribution in [2.45, 2.75) is 38.6 Å². The average Bonchev–Trinajstić information content (AvgIpc) is 3.06. The van der Waals surface area contributed by atoms with Gasteiger partial charge in [-0.2, -0.15) is 0 Å². The first-order valence-electron chi connectivity index (χ1n) is 5.83. The van der Waals surface area contributed by atoms with E-state index in [1.165, 1.54) is 0 Å². The van der Waals surface area contributed by atoms with Gasteiger partial charge in [-0.25, -0.2) is 0 Å². The van der Waals surface area contributed by atoms with Gasteiger partial charge in [0, 0.05) is 19.0 Å². The minimum atomic E-state index is 0.0572. The van der Waals surface area contributed by atoms with Crippen molar-refractivity contribution in [1.82, 2.24) is 4.90 Å². The van der Waals surface area contributed by atoms with Crippen LogP contribution < -0.4 is 5.73 Å². The quantitative estimate of drug-likeness (QED) is 0.642. The molecule has 1 aliphatic carbocycles. The van der Waals surface area contributed by atoms with E-state index < -0.39 is 0 Å². The lowest BCUT2D eigenvalue weighted by molar-refractivity contribution is -0.133. The molecule has 1 aliphatic rings. The molecule has 1 atom stereocenters. The summed E-state index contributed by atoms with van der Waals surface area (Å²) < 4.78 is 0. The Hall–Kier alpha value is -0.610. The van der Waals surface area contributed by atoms with Gasteiger partial charge in [0.1, 0.15) is 0 Å². The Balaban J connectivity index is 2.40. The van der Waals surface area contributed by atoms with Gasteiger partial charge in [0.25, 0.3) is 0 Å². The molecular weight excluding hydrogens is 192 g/mol. The summed E-state index contributed by atoms with van der Waals surface area (Å²) in [5.74, 6) is 0.446. The van der Waals surface area contributed by atoms with Crippen LogP contribution >= 0.6 is 0 Å². The van der Waals surface area contributed by atoms with Gasteiger partial charge in [-0.3, -0.25) is 4.79 Å². The summed E-state index contributed by atoms with van der Waals surface area (Å²) in [6, 6.07) is 0.389. The Morgan fingerprint density at radius 2 is 2.27 bits per heavy atom. The number of amides is 1. The number of aliphatic hydroxyl groups is 1. The summed E-state index contributed by atoms with van der Waals surface area (Å²) in [6.07, 6.45) is 3.65. The molecule has 0 heterocycles. The fourth-order valence-corrected chi connectivity index (χ4v) is 1.76. The molecule has 1 amide bonds. The number of rotatable bonds is 7. The van der Waals surface area contributed by atoms with E-state index in [-0.39, 0.29) is 18.4 Å². The first-order chi connectivity index (χ1) is 7.22. The predicted molar refractivity (Wildman–Crippen MR) is 59.3 cm³/mol. The van der Waals surface area contributed by atoms with Crippen molar-refractivity contribution in [3.8, 4) is 0 Å². The van der Waals surface area contributed by atoms with E-state index >= 15 is 0 Å². The second kappa shape index (κ2) is 6.08. The topological polar surface area (TPSA) is 66.6 Å². The Labute approximate surface area is 91.4 Å². The Bertz CT molecular complexity index is 201. The fraction of sp³-hybridized carbons (Fsp3) is 0.909. The number of aliphatic hydroxyl groups excluding tert-OH is 1. The van der Waals surface area contributed by atoms with Gasteiger partial charge in [-0.1, -0.05) is 13.3 Å². The molecule has 1 rings (SSSR count). The number of carbonyl (C=O) groups is 1. The molecule has 1 saturated carbocycles. The van der Waals surface area contributed by atoms with Crippen molar-refractivity contribution in [3.63, 3.8) is 0 Å². The van der Waals surface area contributed by atoms with Crippen LogP contribution in [0.4, 0.5) is 0 Å². The van der Waals surface area contributed by atoms with E-state index in [2.05, 4.69) is 6.92 Å². The van der Waals surface area contributed by atoms with E-state index in [1.807, 2.05) is 4.90 Å². The van der Waals surface area contributed by atoms with Gasteiger partial charge in [-0.15, -0.1) is 0 Å². The van der Waals surface area contributed by atoms with E-state index in [9.17, 15) is 4.79 Å². The molecule has 1 unspecified atom stereocenters. The van der Waals surface area contributed by atoms with Crippen LogP contribution in [0.25, 0.3) is 0 Å². The molecule has 0 aliphatic heterocycles. The lowest BCUT2D eigenvalue weighted by Gasteiger charge is -2.23. The normalized spacial score (nSPS) is 17.5. The molecule has 0 aromatic rings. The highest BCUT2D eigenvalue weighted by molar-refractivity contribution is 5.77. The zero-order valence-electron chi connectivity index (χ0n) is 9.48. The third kappa shape index (κ3) is 3.80. The number of hydrogen-bond acceptors (Lipinski definition) is 3. The van der Waals surface area contributed by atoms with E-state index in [4.69, 9.17) is 10.8 Å². The van der Waals surface area contributed by atoms with Crippen molar-refractivity contribution in [1.29, 1.82) is 0 Å². The highest BCUT2D eigenvalue weighted by atomic mass is 16.3. The average molecular weight is 214 g/mol. The van der Waals surface area contributed by atoms with Crippen LogP contribution in [0.1, 0.15) is 32.6 Å². The van der Waals surface area contributed by atoms with E-state index in [0.717, 1.165) is 19.3 Å². The Morgan fingerprint density at radius 3 is 2.67 bits per heavy atom. The van der Waals surface area contributed by atoms with Crippen LogP contribution in [-0.2, 0) is 4.79 Å². The summed E-state index contributed by atoms with van der Waals surface area (Å²) in [4.78, 5) is 13.7. The van der Waals surface area contributed by atoms with Crippen molar-refractivity contribution >= 4 is 5.91 Å². The highest BCUT2D eigenvalue weighted by Crippen LogP contribution is 2.27. The minimum absolute atomic E-state index is 0.0572. The molecule has 88 valence electrons. The van der Waals surface area contributed by atoms with Gasteiger partial charge in [0.05, 0.1) is 6.61 Å². The smallest absolute Gasteiger partial charge is 0.223 e. The lowest BCUT2D eigenvalue weighted by atomic mass is 10.0. The number of nitrogens with zero attached hydrogens (tertiary/aromatic N) is 1. The fourth-order valence-electron chi connectivity index (χ4n) is 1.76. The molecular formula is C11H22N2O2. The van der Waals surface area contributed by atoms with Crippen LogP contribution in [0.5, 0.6) is 0 Å². The highest BCUT2D eigenvalue weighted by Gasteiger charge is 2.32. The lowest BCUT2D eigenvalue weighted by Crippen LogP contribution is -2.37. The Morgan fingerprint density at radius 1 is 1.60 bits per heavy atom. The molecule has 1 fully saturated rings. The molecule has 4 heteroatoms. The monoisotopic (exact) mass is 214 g/mol. The van der Waals surface area contributed by atoms with Crippen molar-refractivity contribution in [2.75, 3.05) is 19.7 Å². The summed E-state index contributed by atoms with van der Waals surface area (Å²) in [5, 5.41) is 8.89. The van der Waals surface area contributed by atoms with Crippen molar-refractivity contribution in [2.24, 2.45) is 11.7 Å². The second-order valence-electron chi connectivity index (χ2n) is 4.26. The molecule has 0 saturated heterocycles. The SMILES string of the molecule is CCC(CN)CC(=O)N(CCO)C1CC1. The standard InChI is InChI=1S/C11H22N2O2/c1-2-9(8-12)7-11(15)13(5-6-14)10-3-4-10/h9-10,14H,2-8,12H2,1H3. The molecule has 0 bridgehead atoms. The van der Waals surface area contributed by atoms with Gasteiger partial charge in [0.2, 0.25) is 5.91 Å².